The molecule has 0 heterocycles. The summed E-state index contributed by atoms with van der Waals surface area (Å²) < 4.78 is 26.7. The Bertz CT molecular complexity index is 366. The molecule has 1 unspecified atom stereocenters. The summed E-state index contributed by atoms with van der Waals surface area (Å²) in [5.41, 5.74) is 0.806. The van der Waals surface area contributed by atoms with Crippen LogP contribution in [0.25, 0.3) is 0 Å². The fourth-order valence-corrected chi connectivity index (χ4v) is 3.01. The SMILES string of the molecule is CCNCC(c1cc(F)cc(F)c1)C1CCCC1. The van der Waals surface area contributed by atoms with E-state index in [4.69, 9.17) is 0 Å². The van der Waals surface area contributed by atoms with Gasteiger partial charge in [0.25, 0.3) is 0 Å². The molecular formula is C15H21F2N. The average molecular weight is 253 g/mol. The van der Waals surface area contributed by atoms with Gasteiger partial charge in [-0.15, -0.1) is 0 Å². The number of hydrogen-bond donors (Lipinski definition) is 1. The molecule has 3 heteroatoms. The molecule has 0 spiro atoms. The van der Waals surface area contributed by atoms with Crippen LogP contribution in [0.2, 0.25) is 0 Å². The van der Waals surface area contributed by atoms with Crippen molar-refractivity contribution < 1.29 is 8.78 Å². The number of nitrogens with one attached hydrogen (secondary N) is 1. The standard InChI is InChI=1S/C15H21F2N/c1-2-18-10-15(11-5-3-4-6-11)12-7-13(16)9-14(17)8-12/h7-9,11,15,18H,2-6,10H2,1H3. The van der Waals surface area contributed by atoms with E-state index in [9.17, 15) is 8.78 Å². The largest absolute Gasteiger partial charge is 0.316 e. The maximum atomic E-state index is 13.3. The molecule has 0 amide bonds. The predicted molar refractivity (Wildman–Crippen MR) is 69.6 cm³/mol. The zero-order valence-corrected chi connectivity index (χ0v) is 10.9. The van der Waals surface area contributed by atoms with Crippen molar-refractivity contribution in [2.75, 3.05) is 13.1 Å². The fourth-order valence-electron chi connectivity index (χ4n) is 3.01. The molecule has 0 bridgehead atoms. The molecule has 2 rings (SSSR count). The van der Waals surface area contributed by atoms with Crippen LogP contribution in [-0.4, -0.2) is 13.1 Å². The first-order valence-electron chi connectivity index (χ1n) is 6.87. The zero-order chi connectivity index (χ0) is 13.0. The molecule has 1 aromatic rings. The third kappa shape index (κ3) is 3.29. The van der Waals surface area contributed by atoms with Gasteiger partial charge < -0.3 is 5.32 Å². The zero-order valence-electron chi connectivity index (χ0n) is 10.9. The van der Waals surface area contributed by atoms with Crippen molar-refractivity contribution in [2.24, 2.45) is 5.92 Å². The molecule has 1 N–H and O–H groups in total. The molecule has 1 atom stereocenters. The van der Waals surface area contributed by atoms with Crippen LogP contribution >= 0.6 is 0 Å². The third-order valence-corrected chi connectivity index (χ3v) is 3.90. The summed E-state index contributed by atoms with van der Waals surface area (Å²) in [7, 11) is 0. The highest BCUT2D eigenvalue weighted by Gasteiger charge is 2.26. The first-order valence-corrected chi connectivity index (χ1v) is 6.87. The van der Waals surface area contributed by atoms with Crippen molar-refractivity contribution in [3.8, 4) is 0 Å². The van der Waals surface area contributed by atoms with Gasteiger partial charge in [-0.1, -0.05) is 19.8 Å². The Morgan fingerprint density at radius 1 is 1.17 bits per heavy atom. The topological polar surface area (TPSA) is 12.0 Å². The molecule has 1 nitrogen and oxygen atoms in total. The number of likely N-dealkylation sites (N-methyl/N-ethyl adjacent to an activating group) is 1. The first kappa shape index (κ1) is 13.5. The van der Waals surface area contributed by atoms with Crippen LogP contribution in [0.1, 0.15) is 44.1 Å². The van der Waals surface area contributed by atoms with Gasteiger partial charge in [-0.3, -0.25) is 0 Å². The van der Waals surface area contributed by atoms with Crippen molar-refractivity contribution in [3.63, 3.8) is 0 Å². The molecule has 0 saturated heterocycles. The number of halogens is 2. The van der Waals surface area contributed by atoms with Gasteiger partial charge in [-0.05, 0) is 48.9 Å². The lowest BCUT2D eigenvalue weighted by atomic mass is 9.84. The molecule has 0 aromatic heterocycles. The van der Waals surface area contributed by atoms with E-state index in [1.54, 1.807) is 0 Å². The molecule has 1 aliphatic carbocycles. The summed E-state index contributed by atoms with van der Waals surface area (Å²) in [6.07, 6.45) is 4.83. The summed E-state index contributed by atoms with van der Waals surface area (Å²) >= 11 is 0. The summed E-state index contributed by atoms with van der Waals surface area (Å²) in [6.45, 7) is 3.75. The Hall–Kier alpha value is -0.960. The minimum absolute atomic E-state index is 0.234. The lowest BCUT2D eigenvalue weighted by molar-refractivity contribution is 0.411. The summed E-state index contributed by atoms with van der Waals surface area (Å²) in [5.74, 6) is -0.142. The van der Waals surface area contributed by atoms with E-state index >= 15 is 0 Å². The first-order chi connectivity index (χ1) is 8.70. The van der Waals surface area contributed by atoms with Crippen LogP contribution in [-0.2, 0) is 0 Å². The van der Waals surface area contributed by atoms with Gasteiger partial charge in [0, 0.05) is 12.6 Å². The van der Waals surface area contributed by atoms with Crippen molar-refractivity contribution >= 4 is 0 Å². The van der Waals surface area contributed by atoms with Crippen LogP contribution in [0.15, 0.2) is 18.2 Å². The van der Waals surface area contributed by atoms with Crippen molar-refractivity contribution in [1.82, 2.24) is 5.32 Å². The Labute approximate surface area is 108 Å². The van der Waals surface area contributed by atoms with Gasteiger partial charge in [-0.2, -0.15) is 0 Å². The molecular weight excluding hydrogens is 232 g/mol. The maximum Gasteiger partial charge on any atom is 0.126 e. The number of rotatable bonds is 5. The van der Waals surface area contributed by atoms with Crippen molar-refractivity contribution in [3.05, 3.63) is 35.4 Å². The summed E-state index contributed by atoms with van der Waals surface area (Å²) in [4.78, 5) is 0. The van der Waals surface area contributed by atoms with Gasteiger partial charge in [0.15, 0.2) is 0 Å². The second-order valence-corrected chi connectivity index (χ2v) is 5.16. The van der Waals surface area contributed by atoms with Crippen LogP contribution < -0.4 is 5.32 Å². The quantitative estimate of drug-likeness (QED) is 0.840. The second kappa shape index (κ2) is 6.28. The molecule has 0 aliphatic heterocycles. The van der Waals surface area contributed by atoms with Crippen LogP contribution in [0, 0.1) is 17.6 Å². The van der Waals surface area contributed by atoms with Gasteiger partial charge in [-0.25, -0.2) is 8.78 Å². The molecule has 0 radical (unpaired) electrons. The van der Waals surface area contributed by atoms with Crippen molar-refractivity contribution in [1.29, 1.82) is 0 Å². The lowest BCUT2D eigenvalue weighted by Crippen LogP contribution is -2.25. The van der Waals surface area contributed by atoms with E-state index in [1.165, 1.54) is 37.8 Å². The van der Waals surface area contributed by atoms with E-state index in [-0.39, 0.29) is 5.92 Å². The Morgan fingerprint density at radius 3 is 2.33 bits per heavy atom. The smallest absolute Gasteiger partial charge is 0.126 e. The van der Waals surface area contributed by atoms with Gasteiger partial charge in [0.2, 0.25) is 0 Å². The molecule has 1 saturated carbocycles. The fraction of sp³-hybridized carbons (Fsp3) is 0.600. The molecule has 1 fully saturated rings. The van der Waals surface area contributed by atoms with Crippen LogP contribution in [0.4, 0.5) is 8.78 Å². The van der Waals surface area contributed by atoms with Gasteiger partial charge in [0.1, 0.15) is 11.6 Å². The number of hydrogen-bond acceptors (Lipinski definition) is 1. The number of benzene rings is 1. The predicted octanol–water partition coefficient (Wildman–Crippen LogP) is 3.85. The second-order valence-electron chi connectivity index (χ2n) is 5.16. The van der Waals surface area contributed by atoms with E-state index in [1.807, 2.05) is 0 Å². The Morgan fingerprint density at radius 2 is 1.78 bits per heavy atom. The van der Waals surface area contributed by atoms with E-state index in [0.717, 1.165) is 24.7 Å². The van der Waals surface area contributed by atoms with Gasteiger partial charge >= 0.3 is 0 Å². The minimum Gasteiger partial charge on any atom is -0.316 e. The highest BCUT2D eigenvalue weighted by atomic mass is 19.1. The molecule has 100 valence electrons. The van der Waals surface area contributed by atoms with Crippen LogP contribution in [0.5, 0.6) is 0 Å². The van der Waals surface area contributed by atoms with Gasteiger partial charge in [0.05, 0.1) is 0 Å². The summed E-state index contributed by atoms with van der Waals surface area (Å²) in [5, 5.41) is 3.32. The van der Waals surface area contributed by atoms with Crippen molar-refractivity contribution in [2.45, 2.75) is 38.5 Å². The Balaban J connectivity index is 2.20. The average Bonchev–Trinajstić information content (AvgIpc) is 2.82. The molecule has 18 heavy (non-hydrogen) atoms. The molecule has 1 aliphatic rings. The highest BCUT2D eigenvalue weighted by molar-refractivity contribution is 5.23. The monoisotopic (exact) mass is 253 g/mol. The Kier molecular flexibility index (Phi) is 4.70. The normalized spacial score (nSPS) is 18.2. The van der Waals surface area contributed by atoms with E-state index in [2.05, 4.69) is 12.2 Å². The third-order valence-electron chi connectivity index (χ3n) is 3.90. The highest BCUT2D eigenvalue weighted by Crippen LogP contribution is 2.37. The van der Waals surface area contributed by atoms with Crippen LogP contribution in [0.3, 0.4) is 0 Å². The lowest BCUT2D eigenvalue weighted by Gasteiger charge is -2.24. The maximum absolute atomic E-state index is 13.3. The summed E-state index contributed by atoms with van der Waals surface area (Å²) in [6, 6.07) is 3.93. The molecule has 1 aromatic carbocycles. The minimum atomic E-state index is -0.468. The van der Waals surface area contributed by atoms with E-state index in [0.29, 0.717) is 5.92 Å². The van der Waals surface area contributed by atoms with E-state index < -0.39 is 11.6 Å².